The second-order valence-corrected chi connectivity index (χ2v) is 6.11. The minimum absolute atomic E-state index is 0.555. The normalized spacial score (nSPS) is 11.5. The first-order valence-corrected chi connectivity index (χ1v) is 8.00. The number of furan rings is 1. The van der Waals surface area contributed by atoms with Gasteiger partial charge in [-0.1, -0.05) is 54.1 Å². The second-order valence-electron chi connectivity index (χ2n) is 5.68. The Hall–Kier alpha value is -2.91. The van der Waals surface area contributed by atoms with Gasteiger partial charge in [0, 0.05) is 10.6 Å². The summed E-state index contributed by atoms with van der Waals surface area (Å²) in [6.07, 6.45) is 1.73. The lowest BCUT2D eigenvalue weighted by Gasteiger charge is -2.01. The van der Waals surface area contributed by atoms with E-state index in [-0.39, 0.29) is 0 Å². The second kappa shape index (κ2) is 5.05. The van der Waals surface area contributed by atoms with Crippen molar-refractivity contribution in [2.75, 3.05) is 0 Å². The first-order chi connectivity index (χ1) is 11.8. The van der Waals surface area contributed by atoms with Crippen LogP contribution in [0.15, 0.2) is 71.3 Å². The molecule has 0 aliphatic heterocycles. The van der Waals surface area contributed by atoms with Crippen LogP contribution in [0.4, 0.5) is 0 Å². The van der Waals surface area contributed by atoms with Gasteiger partial charge in [0.2, 0.25) is 5.71 Å². The van der Waals surface area contributed by atoms with Crippen LogP contribution < -0.4 is 0 Å². The Bertz CT molecular complexity index is 1210. The molecule has 0 aliphatic carbocycles. The first-order valence-electron chi connectivity index (χ1n) is 7.62. The van der Waals surface area contributed by atoms with Gasteiger partial charge in [-0.25, -0.2) is 9.97 Å². The molecule has 0 radical (unpaired) electrons. The van der Waals surface area contributed by atoms with Crippen molar-refractivity contribution in [1.82, 2.24) is 9.97 Å². The highest BCUT2D eigenvalue weighted by Crippen LogP contribution is 2.33. The standard InChI is InChI=1S/C20H11ClN2O/c21-14-8-5-13(6-9-14)16-11-22-20-19(23-16)18-15-4-2-1-3-12(15)7-10-17(18)24-20/h1-11H. The number of benzene rings is 3. The Kier molecular flexibility index (Phi) is 2.84. The van der Waals surface area contributed by atoms with Crippen LogP contribution in [0.1, 0.15) is 0 Å². The molecule has 3 aromatic carbocycles. The van der Waals surface area contributed by atoms with Crippen LogP contribution >= 0.6 is 11.6 Å². The van der Waals surface area contributed by atoms with Gasteiger partial charge in [0.05, 0.1) is 17.3 Å². The molecule has 4 heteroatoms. The molecule has 5 aromatic rings. The van der Waals surface area contributed by atoms with Gasteiger partial charge in [0.1, 0.15) is 11.1 Å². The number of hydrogen-bond donors (Lipinski definition) is 0. The smallest absolute Gasteiger partial charge is 0.246 e. The highest BCUT2D eigenvalue weighted by Gasteiger charge is 2.14. The van der Waals surface area contributed by atoms with Gasteiger partial charge in [-0.05, 0) is 29.0 Å². The molecule has 5 rings (SSSR count). The highest BCUT2D eigenvalue weighted by atomic mass is 35.5. The van der Waals surface area contributed by atoms with E-state index < -0.39 is 0 Å². The summed E-state index contributed by atoms with van der Waals surface area (Å²) in [5.41, 5.74) is 3.92. The molecular formula is C20H11ClN2O. The van der Waals surface area contributed by atoms with Crippen molar-refractivity contribution < 1.29 is 4.42 Å². The number of halogens is 1. The van der Waals surface area contributed by atoms with E-state index in [1.807, 2.05) is 42.5 Å². The average Bonchev–Trinajstić information content (AvgIpc) is 3.00. The molecule has 0 N–H and O–H groups in total. The minimum Gasteiger partial charge on any atom is -0.436 e. The van der Waals surface area contributed by atoms with Crippen molar-refractivity contribution in [3.8, 4) is 11.3 Å². The molecule has 3 nitrogen and oxygen atoms in total. The van der Waals surface area contributed by atoms with Gasteiger partial charge in [0.25, 0.3) is 0 Å². The van der Waals surface area contributed by atoms with Crippen molar-refractivity contribution in [2.24, 2.45) is 0 Å². The summed E-state index contributed by atoms with van der Waals surface area (Å²) in [7, 11) is 0. The van der Waals surface area contributed by atoms with Crippen LogP contribution in [0.5, 0.6) is 0 Å². The fourth-order valence-electron chi connectivity index (χ4n) is 3.06. The van der Waals surface area contributed by atoms with Gasteiger partial charge in [-0.3, -0.25) is 0 Å². The zero-order valence-corrected chi connectivity index (χ0v) is 13.3. The van der Waals surface area contributed by atoms with Gasteiger partial charge >= 0.3 is 0 Å². The molecule has 114 valence electrons. The number of aromatic nitrogens is 2. The molecule has 2 aromatic heterocycles. The third-order valence-electron chi connectivity index (χ3n) is 4.21. The monoisotopic (exact) mass is 330 g/mol. The lowest BCUT2D eigenvalue weighted by Crippen LogP contribution is -1.86. The SMILES string of the molecule is Clc1ccc(-c2cnc3oc4ccc5ccccc5c4c3n2)cc1. The fraction of sp³-hybridized carbons (Fsp3) is 0. The first kappa shape index (κ1) is 13.5. The number of fused-ring (bicyclic) bond motifs is 5. The molecule has 0 atom stereocenters. The van der Waals surface area contributed by atoms with E-state index >= 15 is 0 Å². The average molecular weight is 331 g/mol. The molecule has 0 aliphatic rings. The maximum Gasteiger partial charge on any atom is 0.246 e. The summed E-state index contributed by atoms with van der Waals surface area (Å²) >= 11 is 5.97. The molecule has 0 unspecified atom stereocenters. The summed E-state index contributed by atoms with van der Waals surface area (Å²) < 4.78 is 5.88. The van der Waals surface area contributed by atoms with Gasteiger partial charge in [0.15, 0.2) is 0 Å². The van der Waals surface area contributed by atoms with E-state index in [1.54, 1.807) is 6.20 Å². The van der Waals surface area contributed by atoms with E-state index in [9.17, 15) is 0 Å². The number of hydrogen-bond acceptors (Lipinski definition) is 3. The zero-order valence-electron chi connectivity index (χ0n) is 12.5. The maximum atomic E-state index is 5.97. The van der Waals surface area contributed by atoms with Gasteiger partial charge in [-0.2, -0.15) is 0 Å². The zero-order chi connectivity index (χ0) is 16.1. The molecule has 0 amide bonds. The molecule has 0 saturated heterocycles. The topological polar surface area (TPSA) is 38.9 Å². The molecule has 24 heavy (non-hydrogen) atoms. The van der Waals surface area contributed by atoms with E-state index in [0.29, 0.717) is 10.7 Å². The summed E-state index contributed by atoms with van der Waals surface area (Å²) in [5, 5.41) is 3.99. The third kappa shape index (κ3) is 1.99. The molecule has 2 heterocycles. The number of nitrogens with zero attached hydrogens (tertiary/aromatic N) is 2. The summed E-state index contributed by atoms with van der Waals surface area (Å²) in [5.74, 6) is 0. The summed E-state index contributed by atoms with van der Waals surface area (Å²) in [6.45, 7) is 0. The molecule has 0 bridgehead atoms. The van der Waals surface area contributed by atoms with E-state index in [0.717, 1.165) is 38.5 Å². The van der Waals surface area contributed by atoms with Crippen LogP contribution in [0.3, 0.4) is 0 Å². The van der Waals surface area contributed by atoms with Crippen LogP contribution in [0.25, 0.3) is 44.2 Å². The van der Waals surface area contributed by atoms with Crippen molar-refractivity contribution in [1.29, 1.82) is 0 Å². The quantitative estimate of drug-likeness (QED) is 0.387. The Balaban J connectivity index is 1.86. The molecule has 0 saturated carbocycles. The van der Waals surface area contributed by atoms with Crippen LogP contribution in [-0.2, 0) is 0 Å². The van der Waals surface area contributed by atoms with Gasteiger partial charge < -0.3 is 4.42 Å². The van der Waals surface area contributed by atoms with E-state index in [1.165, 1.54) is 0 Å². The van der Waals surface area contributed by atoms with E-state index in [2.05, 4.69) is 23.2 Å². The van der Waals surface area contributed by atoms with Crippen molar-refractivity contribution in [2.45, 2.75) is 0 Å². The summed E-state index contributed by atoms with van der Waals surface area (Å²) in [4.78, 5) is 9.28. The van der Waals surface area contributed by atoms with Crippen molar-refractivity contribution in [3.63, 3.8) is 0 Å². The maximum absolute atomic E-state index is 5.97. The number of rotatable bonds is 1. The minimum atomic E-state index is 0.555. The lowest BCUT2D eigenvalue weighted by molar-refractivity contribution is 0.653. The lowest BCUT2D eigenvalue weighted by atomic mass is 10.1. The van der Waals surface area contributed by atoms with Crippen molar-refractivity contribution in [3.05, 3.63) is 71.9 Å². The summed E-state index contributed by atoms with van der Waals surface area (Å²) in [6, 6.07) is 19.9. The van der Waals surface area contributed by atoms with Crippen LogP contribution in [0, 0.1) is 0 Å². The molecule has 0 fully saturated rings. The molecule has 0 spiro atoms. The van der Waals surface area contributed by atoms with E-state index in [4.69, 9.17) is 21.0 Å². The predicted molar refractivity (Wildman–Crippen MR) is 97.3 cm³/mol. The Morgan fingerprint density at radius 3 is 2.58 bits per heavy atom. The highest BCUT2D eigenvalue weighted by molar-refractivity contribution is 6.30. The van der Waals surface area contributed by atoms with Gasteiger partial charge in [-0.15, -0.1) is 0 Å². The Labute approximate surface area is 142 Å². The Morgan fingerprint density at radius 2 is 1.71 bits per heavy atom. The van der Waals surface area contributed by atoms with Crippen LogP contribution in [0.2, 0.25) is 5.02 Å². The third-order valence-corrected chi connectivity index (χ3v) is 4.47. The van der Waals surface area contributed by atoms with Crippen molar-refractivity contribution >= 4 is 44.6 Å². The fourth-order valence-corrected chi connectivity index (χ4v) is 3.19. The van der Waals surface area contributed by atoms with Crippen LogP contribution in [-0.4, -0.2) is 9.97 Å². The largest absolute Gasteiger partial charge is 0.436 e. The predicted octanol–water partition coefficient (Wildman–Crippen LogP) is 5.85. The Morgan fingerprint density at radius 1 is 0.875 bits per heavy atom. The molecular weight excluding hydrogens is 320 g/mol.